The maximum atomic E-state index is 14.2. The van der Waals surface area contributed by atoms with Gasteiger partial charge in [-0.25, -0.2) is 12.8 Å². The summed E-state index contributed by atoms with van der Waals surface area (Å²) in [5, 5.41) is 3.64. The second-order valence-electron chi connectivity index (χ2n) is 10.6. The van der Waals surface area contributed by atoms with Gasteiger partial charge in [-0.2, -0.15) is 0 Å². The lowest BCUT2D eigenvalue weighted by Crippen LogP contribution is -2.54. The summed E-state index contributed by atoms with van der Waals surface area (Å²) in [6.45, 7) is 1.27. The van der Waals surface area contributed by atoms with E-state index in [-0.39, 0.29) is 29.1 Å². The van der Waals surface area contributed by atoms with Crippen molar-refractivity contribution in [3.8, 4) is 5.75 Å². The average Bonchev–Trinajstić information content (AvgIpc) is 3.01. The molecular weight excluding hydrogens is 593 g/mol. The number of sulfonamides is 1. The van der Waals surface area contributed by atoms with Gasteiger partial charge in [0.15, 0.2) is 0 Å². The molecule has 0 aromatic heterocycles. The molecule has 0 heterocycles. The third-order valence-electron chi connectivity index (χ3n) is 7.64. The first-order chi connectivity index (χ1) is 20.6. The van der Waals surface area contributed by atoms with Crippen LogP contribution in [0.25, 0.3) is 0 Å². The Kier molecular flexibility index (Phi) is 11.0. The molecule has 2 amide bonds. The standard InChI is InChI=1S/C32H37ClFN3O5S/c1-3-30(32(39)35-26-7-5-4-6-8-26)36(21-23-9-11-24(33)12-10-23)31(38)22-37(27-15-13-25(34)14-16-27)43(40,41)29-19-17-28(42-2)18-20-29/h9-20,26,30H,3-8,21-22H2,1-2H3,(H,35,39). The summed E-state index contributed by atoms with van der Waals surface area (Å²) in [5.41, 5.74) is 0.838. The Labute approximate surface area is 257 Å². The van der Waals surface area contributed by atoms with E-state index in [1.54, 1.807) is 24.3 Å². The van der Waals surface area contributed by atoms with E-state index in [0.717, 1.165) is 54.1 Å². The molecule has 8 nitrogen and oxygen atoms in total. The van der Waals surface area contributed by atoms with Crippen molar-refractivity contribution in [2.45, 2.75) is 69.0 Å². The first-order valence-electron chi connectivity index (χ1n) is 14.4. The van der Waals surface area contributed by atoms with Crippen LogP contribution < -0.4 is 14.4 Å². The van der Waals surface area contributed by atoms with E-state index in [1.165, 1.54) is 48.4 Å². The van der Waals surface area contributed by atoms with Crippen LogP contribution >= 0.6 is 11.6 Å². The number of benzene rings is 3. The van der Waals surface area contributed by atoms with E-state index in [2.05, 4.69) is 5.32 Å². The number of rotatable bonds is 12. The molecule has 0 bridgehead atoms. The topological polar surface area (TPSA) is 96.0 Å². The summed E-state index contributed by atoms with van der Waals surface area (Å²) in [5.74, 6) is -0.941. The predicted molar refractivity (Wildman–Crippen MR) is 165 cm³/mol. The number of carbonyl (C=O) groups is 2. The summed E-state index contributed by atoms with van der Waals surface area (Å²) in [7, 11) is -2.82. The molecule has 230 valence electrons. The molecule has 11 heteroatoms. The van der Waals surface area contributed by atoms with Crippen molar-refractivity contribution < 1.29 is 27.1 Å². The van der Waals surface area contributed by atoms with Crippen LogP contribution in [0.4, 0.5) is 10.1 Å². The zero-order chi connectivity index (χ0) is 31.0. The predicted octanol–water partition coefficient (Wildman–Crippen LogP) is 5.94. The summed E-state index contributed by atoms with van der Waals surface area (Å²) >= 11 is 6.08. The van der Waals surface area contributed by atoms with Gasteiger partial charge in [0.1, 0.15) is 24.2 Å². The lowest BCUT2D eigenvalue weighted by atomic mass is 9.95. The minimum Gasteiger partial charge on any atom is -0.497 e. The lowest BCUT2D eigenvalue weighted by Gasteiger charge is -2.34. The normalized spacial score (nSPS) is 14.5. The highest BCUT2D eigenvalue weighted by molar-refractivity contribution is 7.92. The molecule has 3 aromatic carbocycles. The largest absolute Gasteiger partial charge is 0.497 e. The van der Waals surface area contributed by atoms with Crippen LogP contribution in [0, 0.1) is 5.82 Å². The zero-order valence-corrected chi connectivity index (χ0v) is 25.9. The van der Waals surface area contributed by atoms with Crippen LogP contribution in [-0.2, 0) is 26.2 Å². The molecule has 4 rings (SSSR count). The van der Waals surface area contributed by atoms with Crippen LogP contribution in [0.5, 0.6) is 5.75 Å². The first kappa shape index (κ1) is 32.3. The van der Waals surface area contributed by atoms with Crippen molar-refractivity contribution in [1.29, 1.82) is 0 Å². The molecule has 43 heavy (non-hydrogen) atoms. The van der Waals surface area contributed by atoms with Gasteiger partial charge in [-0.3, -0.25) is 13.9 Å². The zero-order valence-electron chi connectivity index (χ0n) is 24.3. The fourth-order valence-corrected chi connectivity index (χ4v) is 6.80. The summed E-state index contributed by atoms with van der Waals surface area (Å²) < 4.78 is 47.8. The van der Waals surface area contributed by atoms with E-state index < -0.39 is 34.3 Å². The monoisotopic (exact) mass is 629 g/mol. The van der Waals surface area contributed by atoms with Crippen LogP contribution in [0.15, 0.2) is 77.7 Å². The summed E-state index contributed by atoms with van der Waals surface area (Å²) in [6, 6.07) is 16.8. The van der Waals surface area contributed by atoms with E-state index in [4.69, 9.17) is 16.3 Å². The number of nitrogens with one attached hydrogen (secondary N) is 1. The molecule has 1 N–H and O–H groups in total. The molecule has 0 saturated heterocycles. The minimum absolute atomic E-state index is 0.0361. The number of methoxy groups -OCH3 is 1. The van der Waals surface area contributed by atoms with E-state index in [9.17, 15) is 22.4 Å². The van der Waals surface area contributed by atoms with Gasteiger partial charge in [0, 0.05) is 17.6 Å². The lowest BCUT2D eigenvalue weighted by molar-refractivity contribution is -0.140. The number of hydrogen-bond acceptors (Lipinski definition) is 5. The Hall–Kier alpha value is -3.63. The van der Waals surface area contributed by atoms with Gasteiger partial charge in [-0.15, -0.1) is 0 Å². The molecule has 0 radical (unpaired) electrons. The van der Waals surface area contributed by atoms with Gasteiger partial charge < -0.3 is 15.0 Å². The smallest absolute Gasteiger partial charge is 0.264 e. The van der Waals surface area contributed by atoms with Crippen molar-refractivity contribution in [2.75, 3.05) is 18.0 Å². The van der Waals surface area contributed by atoms with Gasteiger partial charge in [0.05, 0.1) is 17.7 Å². The highest BCUT2D eigenvalue weighted by atomic mass is 35.5. The molecule has 1 fully saturated rings. The van der Waals surface area contributed by atoms with Crippen molar-refractivity contribution >= 4 is 39.1 Å². The molecule has 1 atom stereocenters. The van der Waals surface area contributed by atoms with E-state index in [1.807, 2.05) is 6.92 Å². The van der Waals surface area contributed by atoms with Gasteiger partial charge in [0.2, 0.25) is 11.8 Å². The third kappa shape index (κ3) is 8.26. The van der Waals surface area contributed by atoms with Gasteiger partial charge >= 0.3 is 0 Å². The molecule has 1 aliphatic rings. The molecular formula is C32H37ClFN3O5S. The Balaban J connectivity index is 1.69. The quantitative estimate of drug-likeness (QED) is 0.268. The Morgan fingerprint density at radius 1 is 0.977 bits per heavy atom. The second-order valence-corrected chi connectivity index (χ2v) is 12.9. The highest BCUT2D eigenvalue weighted by Gasteiger charge is 2.34. The number of amides is 2. The minimum atomic E-state index is -4.28. The second kappa shape index (κ2) is 14.7. The molecule has 1 aliphatic carbocycles. The van der Waals surface area contributed by atoms with Crippen LogP contribution in [-0.4, -0.2) is 50.9 Å². The molecule has 3 aromatic rings. The fourth-order valence-electron chi connectivity index (χ4n) is 5.26. The van der Waals surface area contributed by atoms with Crippen LogP contribution in [0.3, 0.4) is 0 Å². The Morgan fingerprint density at radius 2 is 1.60 bits per heavy atom. The summed E-state index contributed by atoms with van der Waals surface area (Å²) in [6.07, 6.45) is 5.28. The maximum Gasteiger partial charge on any atom is 0.264 e. The number of nitrogens with zero attached hydrogens (tertiary/aromatic N) is 2. The van der Waals surface area contributed by atoms with Crippen molar-refractivity contribution in [3.63, 3.8) is 0 Å². The van der Waals surface area contributed by atoms with Crippen molar-refractivity contribution in [3.05, 3.63) is 89.2 Å². The summed E-state index contributed by atoms with van der Waals surface area (Å²) in [4.78, 5) is 29.1. The molecule has 0 spiro atoms. The first-order valence-corrected chi connectivity index (χ1v) is 16.2. The average molecular weight is 630 g/mol. The Bertz CT molecular complexity index is 1480. The van der Waals surface area contributed by atoms with Crippen LogP contribution in [0.1, 0.15) is 51.0 Å². The highest BCUT2D eigenvalue weighted by Crippen LogP contribution is 2.27. The fraction of sp³-hybridized carbons (Fsp3) is 0.375. The van der Waals surface area contributed by atoms with E-state index >= 15 is 0 Å². The number of hydrogen-bond donors (Lipinski definition) is 1. The van der Waals surface area contributed by atoms with Gasteiger partial charge in [-0.05, 0) is 85.5 Å². The number of carbonyl (C=O) groups excluding carboxylic acids is 2. The Morgan fingerprint density at radius 3 is 2.19 bits per heavy atom. The van der Waals surface area contributed by atoms with E-state index in [0.29, 0.717) is 17.2 Å². The van der Waals surface area contributed by atoms with Crippen molar-refractivity contribution in [2.24, 2.45) is 0 Å². The number of halogens is 2. The van der Waals surface area contributed by atoms with Crippen molar-refractivity contribution in [1.82, 2.24) is 10.2 Å². The maximum absolute atomic E-state index is 14.2. The van der Waals surface area contributed by atoms with Crippen LogP contribution in [0.2, 0.25) is 5.02 Å². The SMILES string of the molecule is CCC(C(=O)NC1CCCCC1)N(Cc1ccc(Cl)cc1)C(=O)CN(c1ccc(F)cc1)S(=O)(=O)c1ccc(OC)cc1. The van der Waals surface area contributed by atoms with Gasteiger partial charge in [0.25, 0.3) is 10.0 Å². The number of anilines is 1. The number of ether oxygens (including phenoxy) is 1. The third-order valence-corrected chi connectivity index (χ3v) is 9.68. The molecule has 0 aliphatic heterocycles. The van der Waals surface area contributed by atoms with Gasteiger partial charge in [-0.1, -0.05) is 49.9 Å². The molecule has 1 saturated carbocycles. The molecule has 1 unspecified atom stereocenters.